The lowest BCUT2D eigenvalue weighted by Crippen LogP contribution is -2.12. The summed E-state index contributed by atoms with van der Waals surface area (Å²) in [5, 5.41) is 10.7. The molecule has 1 aliphatic rings. The lowest BCUT2D eigenvalue weighted by molar-refractivity contribution is 0.206. The largest absolute Gasteiger partial charge is 0.493 e. The minimum Gasteiger partial charge on any atom is -0.493 e. The number of aryl methyl sites for hydroxylation is 2. The molecule has 0 spiro atoms. The molecule has 0 radical (unpaired) electrons. The molecule has 2 nitrogen and oxygen atoms in total. The van der Waals surface area contributed by atoms with Crippen molar-refractivity contribution in [3.05, 3.63) is 63.1 Å². The topological polar surface area (TPSA) is 29.5 Å². The highest BCUT2D eigenvalue weighted by Crippen LogP contribution is 2.36. The molecule has 1 heterocycles. The third kappa shape index (κ3) is 2.48. The number of hydrogen-bond acceptors (Lipinski definition) is 2. The first kappa shape index (κ1) is 13.7. The van der Waals surface area contributed by atoms with Crippen LogP contribution >= 0.6 is 15.9 Å². The third-order valence-corrected chi connectivity index (χ3v) is 4.65. The molecule has 3 heteroatoms. The van der Waals surface area contributed by atoms with Gasteiger partial charge in [-0.25, -0.2) is 0 Å². The van der Waals surface area contributed by atoms with Gasteiger partial charge in [0.25, 0.3) is 0 Å². The molecule has 0 saturated carbocycles. The van der Waals surface area contributed by atoms with Gasteiger partial charge >= 0.3 is 0 Å². The van der Waals surface area contributed by atoms with Gasteiger partial charge < -0.3 is 9.84 Å². The molecule has 2 aromatic rings. The van der Waals surface area contributed by atoms with Crippen LogP contribution in [0.2, 0.25) is 0 Å². The Morgan fingerprint density at radius 2 is 2.10 bits per heavy atom. The summed E-state index contributed by atoms with van der Waals surface area (Å²) < 4.78 is 6.84. The first-order valence-corrected chi connectivity index (χ1v) is 7.65. The van der Waals surface area contributed by atoms with E-state index in [-0.39, 0.29) is 0 Å². The maximum atomic E-state index is 10.7. The molecule has 2 aromatic carbocycles. The van der Waals surface area contributed by atoms with Crippen molar-refractivity contribution in [3.8, 4) is 5.75 Å². The van der Waals surface area contributed by atoms with Crippen LogP contribution in [0.3, 0.4) is 0 Å². The zero-order valence-electron chi connectivity index (χ0n) is 11.4. The number of fused-ring (bicyclic) bond motifs is 1. The van der Waals surface area contributed by atoms with Gasteiger partial charge in [0.15, 0.2) is 0 Å². The van der Waals surface area contributed by atoms with E-state index in [9.17, 15) is 5.11 Å². The van der Waals surface area contributed by atoms with Gasteiger partial charge in [-0.1, -0.05) is 46.3 Å². The fourth-order valence-corrected chi connectivity index (χ4v) is 2.89. The van der Waals surface area contributed by atoms with Gasteiger partial charge in [0, 0.05) is 10.0 Å². The van der Waals surface area contributed by atoms with E-state index in [2.05, 4.69) is 22.0 Å². The standard InChI is InChI=1S/C17H17BrO2/c1-11-10-13(7-8-15(11)18)16(19)14-6-2-4-12-5-3-9-20-17(12)14/h2,4,6-8,10,16,19H,3,5,9H2,1H3. The van der Waals surface area contributed by atoms with Gasteiger partial charge in [0.2, 0.25) is 0 Å². The molecule has 104 valence electrons. The Balaban J connectivity index is 2.02. The van der Waals surface area contributed by atoms with Crippen molar-refractivity contribution in [3.63, 3.8) is 0 Å². The van der Waals surface area contributed by atoms with Crippen LogP contribution in [0.25, 0.3) is 0 Å². The highest BCUT2D eigenvalue weighted by Gasteiger charge is 2.20. The Hall–Kier alpha value is -1.32. The minimum absolute atomic E-state index is 0.644. The van der Waals surface area contributed by atoms with Crippen LogP contribution in [0, 0.1) is 6.92 Å². The molecule has 0 aromatic heterocycles. The number of aliphatic hydroxyl groups excluding tert-OH is 1. The zero-order chi connectivity index (χ0) is 14.1. The smallest absolute Gasteiger partial charge is 0.128 e. The Labute approximate surface area is 127 Å². The van der Waals surface area contributed by atoms with Crippen molar-refractivity contribution in [2.75, 3.05) is 6.61 Å². The molecule has 1 aliphatic heterocycles. The fourth-order valence-electron chi connectivity index (χ4n) is 2.65. The average molecular weight is 333 g/mol. The second-order valence-corrected chi connectivity index (χ2v) is 6.05. The molecule has 0 saturated heterocycles. The molecule has 0 aliphatic carbocycles. The van der Waals surface area contributed by atoms with E-state index >= 15 is 0 Å². The SMILES string of the molecule is Cc1cc(C(O)c2cccc3c2OCCC3)ccc1Br. The highest BCUT2D eigenvalue weighted by atomic mass is 79.9. The zero-order valence-corrected chi connectivity index (χ0v) is 13.0. The first-order valence-electron chi connectivity index (χ1n) is 6.85. The van der Waals surface area contributed by atoms with Crippen LogP contribution in [0.5, 0.6) is 5.75 Å². The normalized spacial score (nSPS) is 15.3. The van der Waals surface area contributed by atoms with Gasteiger partial charge in [-0.3, -0.25) is 0 Å². The molecule has 0 amide bonds. The first-order chi connectivity index (χ1) is 9.66. The van der Waals surface area contributed by atoms with E-state index in [0.717, 1.165) is 46.4 Å². The molecule has 3 rings (SSSR count). The Bertz CT molecular complexity index is 637. The molecule has 1 N–H and O–H groups in total. The molecule has 0 bridgehead atoms. The second-order valence-electron chi connectivity index (χ2n) is 5.20. The van der Waals surface area contributed by atoms with Crippen LogP contribution < -0.4 is 4.74 Å². The number of ether oxygens (including phenoxy) is 1. The van der Waals surface area contributed by atoms with Gasteiger partial charge in [-0.2, -0.15) is 0 Å². The van der Waals surface area contributed by atoms with E-state index < -0.39 is 6.10 Å². The summed E-state index contributed by atoms with van der Waals surface area (Å²) in [6.45, 7) is 2.76. The van der Waals surface area contributed by atoms with Crippen molar-refractivity contribution in [1.82, 2.24) is 0 Å². The predicted octanol–water partition coefficient (Wildman–Crippen LogP) is 4.16. The van der Waals surface area contributed by atoms with Crippen molar-refractivity contribution in [1.29, 1.82) is 0 Å². The van der Waals surface area contributed by atoms with Crippen molar-refractivity contribution in [2.24, 2.45) is 0 Å². The van der Waals surface area contributed by atoms with Crippen LogP contribution in [0.1, 0.15) is 34.8 Å². The lowest BCUT2D eigenvalue weighted by atomic mass is 9.95. The third-order valence-electron chi connectivity index (χ3n) is 3.76. The quantitative estimate of drug-likeness (QED) is 0.894. The number of hydrogen-bond donors (Lipinski definition) is 1. The van der Waals surface area contributed by atoms with Crippen LogP contribution in [-0.2, 0) is 6.42 Å². The number of benzene rings is 2. The highest BCUT2D eigenvalue weighted by molar-refractivity contribution is 9.10. The van der Waals surface area contributed by atoms with Crippen LogP contribution in [-0.4, -0.2) is 11.7 Å². The number of para-hydroxylation sites is 1. The number of rotatable bonds is 2. The summed E-state index contributed by atoms with van der Waals surface area (Å²) in [5.74, 6) is 0.867. The van der Waals surface area contributed by atoms with E-state index in [4.69, 9.17) is 4.74 Å². The van der Waals surface area contributed by atoms with E-state index in [1.54, 1.807) is 0 Å². The molecular formula is C17H17BrO2. The van der Waals surface area contributed by atoms with Crippen molar-refractivity contribution < 1.29 is 9.84 Å². The molecular weight excluding hydrogens is 316 g/mol. The number of aliphatic hydroxyl groups is 1. The molecule has 0 fully saturated rings. The summed E-state index contributed by atoms with van der Waals surface area (Å²) in [5.41, 5.74) is 4.08. The maximum absolute atomic E-state index is 10.7. The predicted molar refractivity (Wildman–Crippen MR) is 83.2 cm³/mol. The van der Waals surface area contributed by atoms with Crippen molar-refractivity contribution >= 4 is 15.9 Å². The van der Waals surface area contributed by atoms with E-state index in [1.807, 2.05) is 37.3 Å². The summed E-state index contributed by atoms with van der Waals surface area (Å²) in [6.07, 6.45) is 1.42. The average Bonchev–Trinajstić information content (AvgIpc) is 2.49. The van der Waals surface area contributed by atoms with Gasteiger partial charge in [0.05, 0.1) is 6.61 Å². The lowest BCUT2D eigenvalue weighted by Gasteiger charge is -2.23. The number of halogens is 1. The Morgan fingerprint density at radius 3 is 2.90 bits per heavy atom. The summed E-state index contributed by atoms with van der Waals surface area (Å²) >= 11 is 3.49. The van der Waals surface area contributed by atoms with Gasteiger partial charge in [-0.05, 0) is 42.5 Å². The van der Waals surface area contributed by atoms with E-state index in [1.165, 1.54) is 5.56 Å². The van der Waals surface area contributed by atoms with Crippen molar-refractivity contribution in [2.45, 2.75) is 25.9 Å². The molecule has 1 unspecified atom stereocenters. The van der Waals surface area contributed by atoms with Gasteiger partial charge in [0.1, 0.15) is 11.9 Å². The summed E-state index contributed by atoms with van der Waals surface area (Å²) in [6, 6.07) is 12.0. The second kappa shape index (κ2) is 5.58. The Kier molecular flexibility index (Phi) is 3.81. The summed E-state index contributed by atoms with van der Waals surface area (Å²) in [4.78, 5) is 0. The monoisotopic (exact) mass is 332 g/mol. The van der Waals surface area contributed by atoms with Crippen LogP contribution in [0.15, 0.2) is 40.9 Å². The Morgan fingerprint density at radius 1 is 1.25 bits per heavy atom. The fraction of sp³-hybridized carbons (Fsp3) is 0.294. The van der Waals surface area contributed by atoms with E-state index in [0.29, 0.717) is 0 Å². The molecule has 20 heavy (non-hydrogen) atoms. The summed E-state index contributed by atoms with van der Waals surface area (Å²) in [7, 11) is 0. The van der Waals surface area contributed by atoms with Crippen LogP contribution in [0.4, 0.5) is 0 Å². The van der Waals surface area contributed by atoms with Gasteiger partial charge in [-0.15, -0.1) is 0 Å². The minimum atomic E-state index is -0.644. The molecule has 1 atom stereocenters. The maximum Gasteiger partial charge on any atom is 0.128 e.